The number of benzene rings is 3. The molecule has 1 heterocycles. The smallest absolute Gasteiger partial charge is 0.251 e. The summed E-state index contributed by atoms with van der Waals surface area (Å²) in [7, 11) is 0. The highest BCUT2D eigenvalue weighted by Crippen LogP contribution is 2.35. The van der Waals surface area contributed by atoms with E-state index >= 15 is 0 Å². The van der Waals surface area contributed by atoms with Gasteiger partial charge in [0.25, 0.3) is 5.91 Å². The van der Waals surface area contributed by atoms with Gasteiger partial charge >= 0.3 is 0 Å². The first-order chi connectivity index (χ1) is 18.2. The molecule has 1 aliphatic heterocycles. The maximum absolute atomic E-state index is 12.2. The molecule has 38 heavy (non-hydrogen) atoms. The van der Waals surface area contributed by atoms with Crippen LogP contribution in [0.25, 0.3) is 0 Å². The third kappa shape index (κ3) is 6.47. The minimum atomic E-state index is -1.16. The predicted molar refractivity (Wildman–Crippen MR) is 150 cm³/mol. The Bertz CT molecular complexity index is 1310. The second kappa shape index (κ2) is 12.2. The van der Waals surface area contributed by atoms with E-state index in [0.29, 0.717) is 52.9 Å². The van der Waals surface area contributed by atoms with Crippen LogP contribution < -0.4 is 10.2 Å². The molecule has 1 aliphatic rings. The maximum atomic E-state index is 12.2. The molecule has 3 aromatic carbocycles. The normalized spacial score (nSPS) is 17.5. The fourth-order valence-corrected chi connectivity index (χ4v) is 5.17. The molecule has 0 bridgehead atoms. The van der Waals surface area contributed by atoms with E-state index < -0.39 is 5.60 Å². The van der Waals surface area contributed by atoms with Gasteiger partial charge in [-0.1, -0.05) is 47.5 Å². The highest BCUT2D eigenvalue weighted by atomic mass is 35.5. The molecular formula is C29H30Cl2N4O3. The molecule has 0 radical (unpaired) electrons. The number of piperazine rings is 1. The van der Waals surface area contributed by atoms with E-state index in [1.165, 1.54) is 0 Å². The van der Waals surface area contributed by atoms with E-state index in [1.807, 2.05) is 30.3 Å². The van der Waals surface area contributed by atoms with Crippen LogP contribution in [0.4, 0.5) is 5.69 Å². The number of carbonyl (C=O) groups is 1. The van der Waals surface area contributed by atoms with Crippen LogP contribution in [0.5, 0.6) is 0 Å². The zero-order chi connectivity index (χ0) is 27.3. The van der Waals surface area contributed by atoms with Crippen LogP contribution in [-0.4, -0.2) is 60.4 Å². The fourth-order valence-electron chi connectivity index (χ4n) is 4.87. The van der Waals surface area contributed by atoms with E-state index in [2.05, 4.69) is 21.2 Å². The second-order valence-corrected chi connectivity index (χ2v) is 10.5. The molecule has 3 aromatic rings. The van der Waals surface area contributed by atoms with Crippen LogP contribution in [0, 0.1) is 11.3 Å². The number of hydrogen-bond donors (Lipinski definition) is 3. The van der Waals surface area contributed by atoms with Gasteiger partial charge in [-0.15, -0.1) is 0 Å². The Labute approximate surface area is 232 Å². The van der Waals surface area contributed by atoms with Crippen molar-refractivity contribution >= 4 is 34.8 Å². The Morgan fingerprint density at radius 2 is 1.76 bits per heavy atom. The van der Waals surface area contributed by atoms with Crippen molar-refractivity contribution in [1.82, 2.24) is 10.2 Å². The zero-order valence-electron chi connectivity index (χ0n) is 21.1. The van der Waals surface area contributed by atoms with Crippen LogP contribution in [-0.2, 0) is 5.60 Å². The lowest BCUT2D eigenvalue weighted by Crippen LogP contribution is -2.52. The average Bonchev–Trinajstić information content (AvgIpc) is 2.92. The van der Waals surface area contributed by atoms with Crippen LogP contribution in [0.1, 0.15) is 40.0 Å². The standard InChI is InChI=1S/C29H30Cl2N4O3/c1-29(38,23-6-2-21(3-7-23)28(37)33-12-15-36)19-34-13-14-35(26-11-10-25(31)16-22(26)17-32)27(18-34)20-4-8-24(30)9-5-20/h2-11,16,27,36,38H,12-15,18-19H2,1H3,(H,33,37). The van der Waals surface area contributed by atoms with Crippen LogP contribution in [0.15, 0.2) is 66.7 Å². The Morgan fingerprint density at radius 1 is 1.08 bits per heavy atom. The lowest BCUT2D eigenvalue weighted by Gasteiger charge is -2.45. The SMILES string of the molecule is CC(O)(CN1CCN(c2ccc(Cl)cc2C#N)C(c2ccc(Cl)cc2)C1)c1ccc(C(=O)NCCO)cc1. The molecule has 2 unspecified atom stereocenters. The molecule has 0 spiro atoms. The van der Waals surface area contributed by atoms with E-state index in [9.17, 15) is 15.2 Å². The van der Waals surface area contributed by atoms with Crippen molar-refractivity contribution in [3.05, 3.63) is 99.0 Å². The van der Waals surface area contributed by atoms with Gasteiger partial charge in [0.05, 0.1) is 29.5 Å². The summed E-state index contributed by atoms with van der Waals surface area (Å²) in [5.41, 5.74) is 2.39. The largest absolute Gasteiger partial charge is 0.395 e. The third-order valence-corrected chi connectivity index (χ3v) is 7.29. The van der Waals surface area contributed by atoms with Gasteiger partial charge in [0.1, 0.15) is 6.07 Å². The summed E-state index contributed by atoms with van der Waals surface area (Å²) < 4.78 is 0. The fraction of sp³-hybridized carbons (Fsp3) is 0.310. The summed E-state index contributed by atoms with van der Waals surface area (Å²) in [6, 6.07) is 22.1. The highest BCUT2D eigenvalue weighted by molar-refractivity contribution is 6.31. The lowest BCUT2D eigenvalue weighted by molar-refractivity contribution is 0.0103. The molecule has 198 valence electrons. The number of amides is 1. The molecule has 7 nitrogen and oxygen atoms in total. The Kier molecular flexibility index (Phi) is 8.93. The molecule has 0 saturated carbocycles. The first-order valence-electron chi connectivity index (χ1n) is 12.4. The lowest BCUT2D eigenvalue weighted by atomic mass is 9.93. The van der Waals surface area contributed by atoms with Crippen molar-refractivity contribution in [1.29, 1.82) is 5.26 Å². The molecule has 1 fully saturated rings. The Balaban J connectivity index is 1.55. The summed E-state index contributed by atoms with van der Waals surface area (Å²) in [6.07, 6.45) is 0. The summed E-state index contributed by atoms with van der Waals surface area (Å²) in [4.78, 5) is 16.6. The van der Waals surface area contributed by atoms with Gasteiger partial charge in [0.2, 0.25) is 0 Å². The third-order valence-electron chi connectivity index (χ3n) is 6.81. The second-order valence-electron chi connectivity index (χ2n) is 9.60. The van der Waals surface area contributed by atoms with Crippen molar-refractivity contribution in [3.8, 4) is 6.07 Å². The molecule has 4 rings (SSSR count). The van der Waals surface area contributed by atoms with Gasteiger partial charge < -0.3 is 20.4 Å². The topological polar surface area (TPSA) is 99.8 Å². The zero-order valence-corrected chi connectivity index (χ0v) is 22.6. The molecule has 0 aliphatic carbocycles. The number of halogens is 2. The monoisotopic (exact) mass is 552 g/mol. The van der Waals surface area contributed by atoms with Gasteiger partial charge in [-0.2, -0.15) is 5.26 Å². The number of rotatable bonds is 8. The molecule has 2 atom stereocenters. The van der Waals surface area contributed by atoms with E-state index in [1.54, 1.807) is 43.3 Å². The molecule has 1 saturated heterocycles. The van der Waals surface area contributed by atoms with Crippen LogP contribution in [0.3, 0.4) is 0 Å². The van der Waals surface area contributed by atoms with Gasteiger partial charge in [0, 0.05) is 48.3 Å². The summed E-state index contributed by atoms with van der Waals surface area (Å²) >= 11 is 12.3. The van der Waals surface area contributed by atoms with Gasteiger partial charge in [0.15, 0.2) is 0 Å². The van der Waals surface area contributed by atoms with Crippen molar-refractivity contribution in [3.63, 3.8) is 0 Å². The highest BCUT2D eigenvalue weighted by Gasteiger charge is 2.34. The Morgan fingerprint density at radius 3 is 2.42 bits per heavy atom. The van der Waals surface area contributed by atoms with Crippen molar-refractivity contribution in [2.45, 2.75) is 18.6 Å². The number of hydrogen-bond acceptors (Lipinski definition) is 6. The quantitative estimate of drug-likeness (QED) is 0.384. The van der Waals surface area contributed by atoms with Crippen molar-refractivity contribution in [2.75, 3.05) is 44.2 Å². The molecule has 1 amide bonds. The number of nitriles is 1. The number of β-amino-alcohol motifs (C(OH)–C–C–N with tert-alkyl or cyclic N) is 1. The number of aliphatic hydroxyl groups excluding tert-OH is 1. The maximum Gasteiger partial charge on any atom is 0.251 e. The number of anilines is 1. The minimum Gasteiger partial charge on any atom is -0.395 e. The summed E-state index contributed by atoms with van der Waals surface area (Å²) in [6.45, 7) is 4.15. The first-order valence-corrected chi connectivity index (χ1v) is 13.1. The summed E-state index contributed by atoms with van der Waals surface area (Å²) in [5.74, 6) is -0.272. The Hall–Kier alpha value is -3.12. The van der Waals surface area contributed by atoms with Gasteiger partial charge in [-0.25, -0.2) is 0 Å². The van der Waals surface area contributed by atoms with Gasteiger partial charge in [-0.3, -0.25) is 9.69 Å². The van der Waals surface area contributed by atoms with Crippen molar-refractivity contribution < 1.29 is 15.0 Å². The molecule has 0 aromatic heterocycles. The predicted octanol–water partition coefficient (Wildman–Crippen LogP) is 4.36. The molecule has 3 N–H and O–H groups in total. The number of nitrogens with one attached hydrogen (secondary N) is 1. The molecular weight excluding hydrogens is 523 g/mol. The van der Waals surface area contributed by atoms with E-state index in [0.717, 1.165) is 11.3 Å². The number of nitrogens with zero attached hydrogens (tertiary/aromatic N) is 3. The first kappa shape index (κ1) is 27.9. The number of carbonyl (C=O) groups excluding carboxylic acids is 1. The van der Waals surface area contributed by atoms with Gasteiger partial charge in [-0.05, 0) is 60.5 Å². The van der Waals surface area contributed by atoms with E-state index in [4.69, 9.17) is 28.3 Å². The summed E-state index contributed by atoms with van der Waals surface area (Å²) in [5, 5.41) is 33.9. The molecule has 9 heteroatoms. The van der Waals surface area contributed by atoms with Crippen LogP contribution in [0.2, 0.25) is 10.0 Å². The number of aliphatic hydroxyl groups is 2. The van der Waals surface area contributed by atoms with E-state index in [-0.39, 0.29) is 25.1 Å². The average molecular weight is 553 g/mol. The minimum absolute atomic E-state index is 0.0808. The van der Waals surface area contributed by atoms with Crippen LogP contribution >= 0.6 is 23.2 Å². The van der Waals surface area contributed by atoms with Crippen molar-refractivity contribution in [2.24, 2.45) is 0 Å².